The number of likely N-dealkylation sites (N-methyl/N-ethyl adjacent to an activating group) is 1. The Labute approximate surface area is 188 Å². The predicted molar refractivity (Wildman–Crippen MR) is 129 cm³/mol. The lowest BCUT2D eigenvalue weighted by molar-refractivity contribution is 0.0930. The Morgan fingerprint density at radius 1 is 1.06 bits per heavy atom. The van der Waals surface area contributed by atoms with Crippen LogP contribution < -0.4 is 10.1 Å². The van der Waals surface area contributed by atoms with Gasteiger partial charge in [0.05, 0.1) is 5.54 Å². The number of hydrogen-bond acceptors (Lipinski definition) is 3. The van der Waals surface area contributed by atoms with Gasteiger partial charge >= 0.3 is 0 Å². The molecule has 1 aromatic heterocycles. The largest absolute Gasteiger partial charge is 0.492 e. The van der Waals surface area contributed by atoms with Crippen LogP contribution in [0.2, 0.25) is 0 Å². The molecule has 2 N–H and O–H groups in total. The summed E-state index contributed by atoms with van der Waals surface area (Å²) in [5, 5.41) is 5.78. The van der Waals surface area contributed by atoms with E-state index in [4.69, 9.17) is 4.74 Å². The van der Waals surface area contributed by atoms with E-state index in [0.717, 1.165) is 41.7 Å². The fraction of sp³-hybridized carbons (Fsp3) is 0.296. The molecule has 3 aromatic carbocycles. The molecule has 1 aliphatic rings. The van der Waals surface area contributed by atoms with Gasteiger partial charge in [-0.25, -0.2) is 0 Å². The van der Waals surface area contributed by atoms with Gasteiger partial charge in [0.2, 0.25) is 0 Å². The second-order valence-corrected chi connectivity index (χ2v) is 9.06. The lowest BCUT2D eigenvalue weighted by atomic mass is 9.97. The zero-order valence-corrected chi connectivity index (χ0v) is 18.9. The summed E-state index contributed by atoms with van der Waals surface area (Å²) in [4.78, 5) is 19.0. The van der Waals surface area contributed by atoms with E-state index >= 15 is 0 Å². The van der Waals surface area contributed by atoms with Gasteiger partial charge in [0.15, 0.2) is 0 Å². The molecule has 1 saturated carbocycles. The average Bonchev–Trinajstić information content (AvgIpc) is 3.45. The van der Waals surface area contributed by atoms with Crippen molar-refractivity contribution >= 4 is 27.7 Å². The zero-order chi connectivity index (χ0) is 22.3. The van der Waals surface area contributed by atoms with Gasteiger partial charge in [-0.05, 0) is 69.3 Å². The summed E-state index contributed by atoms with van der Waals surface area (Å²) in [6.45, 7) is 3.38. The van der Waals surface area contributed by atoms with Crippen LogP contribution in [0.25, 0.3) is 21.8 Å². The van der Waals surface area contributed by atoms with Gasteiger partial charge in [0, 0.05) is 33.9 Å². The number of rotatable bonds is 7. The summed E-state index contributed by atoms with van der Waals surface area (Å²) in [5.41, 5.74) is 4.72. The molecule has 0 aliphatic heterocycles. The zero-order valence-electron chi connectivity index (χ0n) is 18.9. The number of ether oxygens (including phenoxy) is 1. The van der Waals surface area contributed by atoms with Crippen LogP contribution in [-0.2, 0) is 5.54 Å². The Bertz CT molecular complexity index is 1300. The summed E-state index contributed by atoms with van der Waals surface area (Å²) in [5.74, 6) is 0.682. The van der Waals surface area contributed by atoms with Crippen molar-refractivity contribution in [3.63, 3.8) is 0 Å². The molecule has 32 heavy (non-hydrogen) atoms. The first-order valence-electron chi connectivity index (χ1n) is 11.2. The van der Waals surface area contributed by atoms with Crippen molar-refractivity contribution in [3.05, 3.63) is 77.4 Å². The predicted octanol–water partition coefficient (Wildman–Crippen LogP) is 4.99. The number of fused-ring (bicyclic) bond motifs is 3. The van der Waals surface area contributed by atoms with Gasteiger partial charge in [-0.2, -0.15) is 0 Å². The number of H-pyrrole nitrogens is 1. The Morgan fingerprint density at radius 3 is 2.62 bits per heavy atom. The summed E-state index contributed by atoms with van der Waals surface area (Å²) in [6, 6.07) is 20.4. The fourth-order valence-electron chi connectivity index (χ4n) is 4.45. The molecule has 4 aromatic rings. The van der Waals surface area contributed by atoms with Crippen molar-refractivity contribution in [3.8, 4) is 5.75 Å². The van der Waals surface area contributed by atoms with E-state index < -0.39 is 0 Å². The summed E-state index contributed by atoms with van der Waals surface area (Å²) in [7, 11) is 4.03. The van der Waals surface area contributed by atoms with Crippen LogP contribution in [0.1, 0.15) is 34.3 Å². The first kappa shape index (κ1) is 20.6. The molecular formula is C27H29N3O2. The van der Waals surface area contributed by atoms with Crippen molar-refractivity contribution in [2.45, 2.75) is 25.3 Å². The Balaban J connectivity index is 1.44. The highest BCUT2D eigenvalue weighted by molar-refractivity contribution is 6.09. The monoisotopic (exact) mass is 427 g/mol. The fourth-order valence-corrected chi connectivity index (χ4v) is 4.45. The third kappa shape index (κ3) is 3.73. The van der Waals surface area contributed by atoms with Gasteiger partial charge < -0.3 is 19.9 Å². The molecule has 5 nitrogen and oxygen atoms in total. The standard InChI is InChI=1S/C27H29N3O2/c1-18-11-12-19(32-16-15-30(2)3)17-21(18)26(31)29-27(13-14-27)22-8-6-10-24-25(22)20-7-4-5-9-23(20)28-24/h4-12,17,28H,13-16H2,1-3H3,(H,29,31). The van der Waals surface area contributed by atoms with Gasteiger partial charge in [-0.3, -0.25) is 4.79 Å². The van der Waals surface area contributed by atoms with E-state index in [1.54, 1.807) is 0 Å². The third-order valence-corrected chi connectivity index (χ3v) is 6.41. The molecule has 1 aliphatic carbocycles. The maximum Gasteiger partial charge on any atom is 0.252 e. The summed E-state index contributed by atoms with van der Waals surface area (Å²) < 4.78 is 5.86. The van der Waals surface area contributed by atoms with Gasteiger partial charge in [-0.15, -0.1) is 0 Å². The number of carbonyl (C=O) groups excluding carboxylic acids is 1. The minimum absolute atomic E-state index is 0.0464. The van der Waals surface area contributed by atoms with E-state index in [1.807, 2.05) is 45.3 Å². The number of nitrogens with one attached hydrogen (secondary N) is 2. The van der Waals surface area contributed by atoms with Crippen molar-refractivity contribution < 1.29 is 9.53 Å². The van der Waals surface area contributed by atoms with E-state index in [1.165, 1.54) is 16.3 Å². The van der Waals surface area contributed by atoms with Crippen molar-refractivity contribution in [1.29, 1.82) is 0 Å². The molecule has 5 rings (SSSR count). The van der Waals surface area contributed by atoms with E-state index in [9.17, 15) is 4.79 Å². The number of para-hydroxylation sites is 1. The second-order valence-electron chi connectivity index (χ2n) is 9.06. The van der Waals surface area contributed by atoms with Gasteiger partial charge in [0.25, 0.3) is 5.91 Å². The maximum atomic E-state index is 13.4. The molecule has 0 radical (unpaired) electrons. The highest BCUT2D eigenvalue weighted by Crippen LogP contribution is 2.49. The van der Waals surface area contributed by atoms with E-state index in [-0.39, 0.29) is 11.4 Å². The van der Waals surface area contributed by atoms with Crippen molar-refractivity contribution in [1.82, 2.24) is 15.2 Å². The van der Waals surface area contributed by atoms with E-state index in [0.29, 0.717) is 12.2 Å². The van der Waals surface area contributed by atoms with Gasteiger partial charge in [0.1, 0.15) is 12.4 Å². The highest BCUT2D eigenvalue weighted by atomic mass is 16.5. The van der Waals surface area contributed by atoms with Crippen molar-refractivity contribution in [2.24, 2.45) is 0 Å². The van der Waals surface area contributed by atoms with Crippen LogP contribution in [0, 0.1) is 6.92 Å². The molecule has 164 valence electrons. The second kappa shape index (κ2) is 7.99. The molecule has 0 bridgehead atoms. The normalized spacial score (nSPS) is 14.8. The van der Waals surface area contributed by atoms with Crippen LogP contribution in [-0.4, -0.2) is 43.0 Å². The summed E-state index contributed by atoms with van der Waals surface area (Å²) in [6.07, 6.45) is 1.88. The number of nitrogens with zero attached hydrogens (tertiary/aromatic N) is 1. The Morgan fingerprint density at radius 2 is 1.84 bits per heavy atom. The SMILES string of the molecule is Cc1ccc(OCCN(C)C)cc1C(=O)NC1(c2cccc3[nH]c4ccccc4c23)CC1. The molecular weight excluding hydrogens is 398 g/mol. The lowest BCUT2D eigenvalue weighted by Gasteiger charge is -2.20. The smallest absolute Gasteiger partial charge is 0.252 e. The Hall–Kier alpha value is -3.31. The van der Waals surface area contributed by atoms with Crippen molar-refractivity contribution in [2.75, 3.05) is 27.2 Å². The molecule has 0 spiro atoms. The number of carbonyl (C=O) groups is 1. The molecule has 0 atom stereocenters. The van der Waals surface area contributed by atoms with Crippen LogP contribution in [0.5, 0.6) is 5.75 Å². The number of aromatic nitrogens is 1. The summed E-state index contributed by atoms with van der Waals surface area (Å²) >= 11 is 0. The van der Waals surface area contributed by atoms with E-state index in [2.05, 4.69) is 51.6 Å². The third-order valence-electron chi connectivity index (χ3n) is 6.41. The van der Waals surface area contributed by atoms with Crippen LogP contribution >= 0.6 is 0 Å². The van der Waals surface area contributed by atoms with Crippen LogP contribution in [0.15, 0.2) is 60.7 Å². The maximum absolute atomic E-state index is 13.4. The minimum atomic E-state index is -0.324. The molecule has 1 fully saturated rings. The van der Waals surface area contributed by atoms with Crippen LogP contribution in [0.3, 0.4) is 0 Å². The first-order chi connectivity index (χ1) is 15.5. The molecule has 1 amide bonds. The molecule has 0 unspecified atom stereocenters. The van der Waals surface area contributed by atoms with Crippen LogP contribution in [0.4, 0.5) is 0 Å². The molecule has 1 heterocycles. The average molecular weight is 428 g/mol. The lowest BCUT2D eigenvalue weighted by Crippen LogP contribution is -2.35. The quantitative estimate of drug-likeness (QED) is 0.437. The highest BCUT2D eigenvalue weighted by Gasteiger charge is 2.47. The molecule has 5 heteroatoms. The minimum Gasteiger partial charge on any atom is -0.492 e. The van der Waals surface area contributed by atoms with Gasteiger partial charge in [-0.1, -0.05) is 36.4 Å². The molecule has 0 saturated heterocycles. The number of hydrogen-bond donors (Lipinski definition) is 2. The number of benzene rings is 3. The Kier molecular flexibility index (Phi) is 5.14. The first-order valence-corrected chi connectivity index (χ1v) is 11.2. The number of aryl methyl sites for hydroxylation is 1. The number of amides is 1. The number of aromatic amines is 1. The topological polar surface area (TPSA) is 57.4 Å².